The molecule has 3 rings (SSSR count). The van der Waals surface area contributed by atoms with E-state index in [0.717, 1.165) is 12.1 Å². The van der Waals surface area contributed by atoms with Crippen LogP contribution in [0.2, 0.25) is 0 Å². The Hall–Kier alpha value is -2.92. The fourth-order valence-electron chi connectivity index (χ4n) is 4.08. The summed E-state index contributed by atoms with van der Waals surface area (Å²) in [5.41, 5.74) is -0.145. The molecule has 0 aliphatic carbocycles. The molecule has 1 saturated heterocycles. The van der Waals surface area contributed by atoms with Crippen LogP contribution in [0.25, 0.3) is 0 Å². The average Bonchev–Trinajstić information content (AvgIpc) is 2.81. The SMILES string of the molecule is COCCN(C(=O)Nc1cccc(C(F)(F)F)c1)C1CCN(Cc2ccccc2OC(F)F)CC1. The third-order valence-electron chi connectivity index (χ3n) is 5.82. The van der Waals surface area contributed by atoms with Gasteiger partial charge >= 0.3 is 18.8 Å². The monoisotopic (exact) mass is 501 g/mol. The molecular formula is C24H28F5N3O3. The molecular weight excluding hydrogens is 473 g/mol. The van der Waals surface area contributed by atoms with E-state index in [1.54, 1.807) is 23.1 Å². The Morgan fingerprint density at radius 2 is 1.86 bits per heavy atom. The predicted molar refractivity (Wildman–Crippen MR) is 120 cm³/mol. The smallest absolute Gasteiger partial charge is 0.416 e. The van der Waals surface area contributed by atoms with Crippen LogP contribution in [0, 0.1) is 0 Å². The maximum atomic E-state index is 13.0. The number of ether oxygens (including phenoxy) is 2. The van der Waals surface area contributed by atoms with Crippen LogP contribution in [-0.4, -0.2) is 61.8 Å². The zero-order valence-electron chi connectivity index (χ0n) is 19.2. The minimum absolute atomic E-state index is 0.0558. The molecule has 0 saturated carbocycles. The van der Waals surface area contributed by atoms with E-state index in [0.29, 0.717) is 38.0 Å². The Balaban J connectivity index is 1.62. The number of rotatable bonds is 9. The number of nitrogens with zero attached hydrogens (tertiary/aromatic N) is 2. The average molecular weight is 501 g/mol. The lowest BCUT2D eigenvalue weighted by molar-refractivity contribution is -0.137. The van der Waals surface area contributed by atoms with E-state index in [-0.39, 0.29) is 30.6 Å². The topological polar surface area (TPSA) is 54.0 Å². The molecule has 1 aliphatic heterocycles. The first-order chi connectivity index (χ1) is 16.7. The fraction of sp³-hybridized carbons (Fsp3) is 0.458. The maximum Gasteiger partial charge on any atom is 0.416 e. The minimum atomic E-state index is -4.51. The van der Waals surface area contributed by atoms with Gasteiger partial charge in [0.2, 0.25) is 0 Å². The first-order valence-electron chi connectivity index (χ1n) is 11.2. The number of carbonyl (C=O) groups excluding carboxylic acids is 1. The van der Waals surface area contributed by atoms with Crippen molar-refractivity contribution in [1.82, 2.24) is 9.80 Å². The largest absolute Gasteiger partial charge is 0.434 e. The number of urea groups is 1. The van der Waals surface area contributed by atoms with Crippen molar-refractivity contribution in [3.63, 3.8) is 0 Å². The second-order valence-corrected chi connectivity index (χ2v) is 8.19. The van der Waals surface area contributed by atoms with Gasteiger partial charge in [-0.2, -0.15) is 22.0 Å². The molecule has 192 valence electrons. The van der Waals surface area contributed by atoms with E-state index in [1.807, 2.05) is 0 Å². The Bertz CT molecular complexity index is 965. The van der Waals surface area contributed by atoms with Gasteiger partial charge in [0.05, 0.1) is 12.2 Å². The lowest BCUT2D eigenvalue weighted by Crippen LogP contribution is -2.49. The first kappa shape index (κ1) is 26.7. The van der Waals surface area contributed by atoms with Crippen molar-refractivity contribution in [1.29, 1.82) is 0 Å². The number of alkyl halides is 5. The highest BCUT2D eigenvalue weighted by molar-refractivity contribution is 5.89. The molecule has 0 bridgehead atoms. The summed E-state index contributed by atoms with van der Waals surface area (Å²) >= 11 is 0. The molecule has 35 heavy (non-hydrogen) atoms. The molecule has 1 aliphatic rings. The molecule has 11 heteroatoms. The third-order valence-corrected chi connectivity index (χ3v) is 5.82. The van der Waals surface area contributed by atoms with E-state index in [1.165, 1.54) is 25.3 Å². The molecule has 2 aromatic carbocycles. The zero-order chi connectivity index (χ0) is 25.4. The number of anilines is 1. The summed E-state index contributed by atoms with van der Waals surface area (Å²) < 4.78 is 74.1. The number of para-hydroxylation sites is 1. The summed E-state index contributed by atoms with van der Waals surface area (Å²) in [6.07, 6.45) is -3.29. The van der Waals surface area contributed by atoms with Crippen LogP contribution in [0.5, 0.6) is 5.75 Å². The van der Waals surface area contributed by atoms with Crippen molar-refractivity contribution >= 4 is 11.7 Å². The molecule has 1 N–H and O–H groups in total. The number of nitrogens with one attached hydrogen (secondary N) is 1. The summed E-state index contributed by atoms with van der Waals surface area (Å²) in [7, 11) is 1.50. The lowest BCUT2D eigenvalue weighted by atomic mass is 10.0. The summed E-state index contributed by atoms with van der Waals surface area (Å²) in [6.45, 7) is -0.732. The van der Waals surface area contributed by atoms with E-state index in [9.17, 15) is 26.7 Å². The van der Waals surface area contributed by atoms with Gasteiger partial charge in [-0.3, -0.25) is 4.90 Å². The van der Waals surface area contributed by atoms with E-state index >= 15 is 0 Å². The number of piperidine rings is 1. The third kappa shape index (κ3) is 7.79. The summed E-state index contributed by atoms with van der Waals surface area (Å²) in [6, 6.07) is 10.4. The predicted octanol–water partition coefficient (Wildman–Crippen LogP) is 5.45. The Morgan fingerprint density at radius 3 is 2.51 bits per heavy atom. The minimum Gasteiger partial charge on any atom is -0.434 e. The number of halogens is 5. The van der Waals surface area contributed by atoms with Crippen molar-refractivity contribution in [2.75, 3.05) is 38.7 Å². The summed E-state index contributed by atoms with van der Waals surface area (Å²) in [5.74, 6) is 0.131. The fourth-order valence-corrected chi connectivity index (χ4v) is 4.08. The molecule has 0 atom stereocenters. The van der Waals surface area contributed by atoms with Crippen molar-refractivity contribution < 1.29 is 36.2 Å². The lowest BCUT2D eigenvalue weighted by Gasteiger charge is -2.38. The van der Waals surface area contributed by atoms with Crippen LogP contribution in [0.15, 0.2) is 48.5 Å². The second kappa shape index (κ2) is 12.2. The highest BCUT2D eigenvalue weighted by Crippen LogP contribution is 2.31. The molecule has 0 spiro atoms. The highest BCUT2D eigenvalue weighted by atomic mass is 19.4. The molecule has 0 aromatic heterocycles. The van der Waals surface area contributed by atoms with E-state index < -0.39 is 24.4 Å². The Labute approximate surface area is 200 Å². The molecule has 1 heterocycles. The van der Waals surface area contributed by atoms with Crippen molar-refractivity contribution in [3.8, 4) is 5.75 Å². The van der Waals surface area contributed by atoms with Gasteiger partial charge in [-0.15, -0.1) is 0 Å². The Morgan fingerprint density at radius 1 is 1.14 bits per heavy atom. The van der Waals surface area contributed by atoms with Gasteiger partial charge < -0.3 is 19.7 Å². The maximum absolute atomic E-state index is 13.0. The summed E-state index contributed by atoms with van der Waals surface area (Å²) in [5, 5.41) is 2.57. The second-order valence-electron chi connectivity index (χ2n) is 8.19. The van der Waals surface area contributed by atoms with Gasteiger partial charge in [-0.05, 0) is 37.1 Å². The number of methoxy groups -OCH3 is 1. The van der Waals surface area contributed by atoms with Crippen molar-refractivity contribution in [2.24, 2.45) is 0 Å². The van der Waals surface area contributed by atoms with Gasteiger partial charge in [-0.1, -0.05) is 24.3 Å². The van der Waals surface area contributed by atoms with Gasteiger partial charge in [0.25, 0.3) is 0 Å². The van der Waals surface area contributed by atoms with Crippen LogP contribution in [-0.2, 0) is 17.5 Å². The molecule has 2 aromatic rings. The van der Waals surface area contributed by atoms with E-state index in [4.69, 9.17) is 4.74 Å². The molecule has 0 unspecified atom stereocenters. The van der Waals surface area contributed by atoms with E-state index in [2.05, 4.69) is 15.0 Å². The van der Waals surface area contributed by atoms with Gasteiger partial charge in [0.15, 0.2) is 0 Å². The number of benzene rings is 2. The van der Waals surface area contributed by atoms with Gasteiger partial charge in [0.1, 0.15) is 5.75 Å². The quantitative estimate of drug-likeness (QED) is 0.465. The molecule has 1 fully saturated rings. The number of hydrogen-bond donors (Lipinski definition) is 1. The number of likely N-dealkylation sites (tertiary alicyclic amines) is 1. The number of hydrogen-bond acceptors (Lipinski definition) is 4. The van der Waals surface area contributed by atoms with Crippen LogP contribution < -0.4 is 10.1 Å². The number of carbonyl (C=O) groups is 1. The van der Waals surface area contributed by atoms with Crippen molar-refractivity contribution in [2.45, 2.75) is 38.2 Å². The Kier molecular flexibility index (Phi) is 9.27. The van der Waals surface area contributed by atoms with Crippen molar-refractivity contribution in [3.05, 3.63) is 59.7 Å². The highest BCUT2D eigenvalue weighted by Gasteiger charge is 2.31. The molecule has 6 nitrogen and oxygen atoms in total. The zero-order valence-corrected chi connectivity index (χ0v) is 19.2. The molecule has 0 radical (unpaired) electrons. The van der Waals surface area contributed by atoms with Gasteiger partial charge in [0, 0.05) is 50.6 Å². The van der Waals surface area contributed by atoms with Crippen LogP contribution in [0.1, 0.15) is 24.0 Å². The van der Waals surface area contributed by atoms with Crippen LogP contribution in [0.4, 0.5) is 32.4 Å². The number of amides is 2. The summed E-state index contributed by atoms with van der Waals surface area (Å²) in [4.78, 5) is 16.6. The normalized spacial score (nSPS) is 15.3. The van der Waals surface area contributed by atoms with Crippen LogP contribution >= 0.6 is 0 Å². The molecule has 2 amide bonds. The van der Waals surface area contributed by atoms with Crippen LogP contribution in [0.3, 0.4) is 0 Å². The first-order valence-corrected chi connectivity index (χ1v) is 11.2. The standard InChI is InChI=1S/C24H28F5N3O3/c1-34-14-13-32(23(33)30-19-7-4-6-18(15-19)24(27,28)29)20-9-11-31(12-10-20)16-17-5-2-3-8-21(17)35-22(25)26/h2-8,15,20,22H,9-14,16H2,1H3,(H,30,33). The van der Waals surface area contributed by atoms with Gasteiger partial charge in [-0.25, -0.2) is 4.79 Å².